The number of amides is 2. The molecule has 2 saturated heterocycles. The van der Waals surface area contributed by atoms with E-state index in [9.17, 15) is 9.59 Å². The predicted molar refractivity (Wildman–Crippen MR) is 94.6 cm³/mol. The van der Waals surface area contributed by atoms with E-state index in [0.29, 0.717) is 25.2 Å². The van der Waals surface area contributed by atoms with Crippen LogP contribution in [0.2, 0.25) is 0 Å². The fourth-order valence-corrected chi connectivity index (χ4v) is 3.68. The molecule has 2 aliphatic rings. The zero-order chi connectivity index (χ0) is 18.1. The van der Waals surface area contributed by atoms with Gasteiger partial charge in [0.2, 0.25) is 0 Å². The first-order valence-electron chi connectivity index (χ1n) is 8.65. The summed E-state index contributed by atoms with van der Waals surface area (Å²) in [4.78, 5) is 37.0. The molecule has 26 heavy (non-hydrogen) atoms. The Morgan fingerprint density at radius 2 is 2.08 bits per heavy atom. The summed E-state index contributed by atoms with van der Waals surface area (Å²) in [5, 5.41) is 0. The molecule has 0 spiro atoms. The third-order valence-corrected chi connectivity index (χ3v) is 5.19. The van der Waals surface area contributed by atoms with Crippen LogP contribution in [0.5, 0.6) is 0 Å². The smallest absolute Gasteiger partial charge is 0.274 e. The van der Waals surface area contributed by atoms with Crippen molar-refractivity contribution in [3.63, 3.8) is 0 Å². The second-order valence-electron chi connectivity index (χ2n) is 6.81. The third kappa shape index (κ3) is 2.84. The molecule has 0 N–H and O–H groups in total. The number of aromatic nitrogens is 2. The molecule has 7 heteroatoms. The minimum atomic E-state index is -0.483. The maximum absolute atomic E-state index is 12.8. The summed E-state index contributed by atoms with van der Waals surface area (Å²) in [5.74, 6) is -0.265. The second-order valence-corrected chi connectivity index (χ2v) is 6.81. The molecule has 3 heterocycles. The molecule has 7 nitrogen and oxygen atoms in total. The van der Waals surface area contributed by atoms with Crippen LogP contribution in [-0.2, 0) is 9.53 Å². The first kappa shape index (κ1) is 16.7. The highest BCUT2D eigenvalue weighted by molar-refractivity contribution is 5.96. The van der Waals surface area contributed by atoms with Gasteiger partial charge < -0.3 is 14.5 Å². The van der Waals surface area contributed by atoms with Crippen LogP contribution in [0.15, 0.2) is 48.9 Å². The van der Waals surface area contributed by atoms with Crippen molar-refractivity contribution in [2.75, 3.05) is 24.6 Å². The topological polar surface area (TPSA) is 75.6 Å². The van der Waals surface area contributed by atoms with Gasteiger partial charge in [0.05, 0.1) is 17.8 Å². The van der Waals surface area contributed by atoms with Gasteiger partial charge in [-0.3, -0.25) is 14.6 Å². The van der Waals surface area contributed by atoms with Crippen LogP contribution >= 0.6 is 0 Å². The zero-order valence-electron chi connectivity index (χ0n) is 14.5. The standard InChI is InChI=1S/C19H20N4O3/c1-19-7-10-22(18(25)15-11-20-8-9-21-15)12-16(19)23(17(24)13-26-19)14-5-3-2-4-6-14/h2-6,8-9,11,16H,7,10,12-13H2,1H3/t16-,19-/m1/s1. The number of piperidine rings is 1. The molecule has 0 bridgehead atoms. The normalized spacial score (nSPS) is 25.7. The number of anilines is 1. The van der Waals surface area contributed by atoms with Gasteiger partial charge in [0.1, 0.15) is 12.3 Å². The monoisotopic (exact) mass is 352 g/mol. The Hall–Kier alpha value is -2.80. The number of likely N-dealkylation sites (tertiary alicyclic amines) is 1. The number of nitrogens with zero attached hydrogens (tertiary/aromatic N) is 4. The summed E-state index contributed by atoms with van der Waals surface area (Å²) in [6, 6.07) is 9.29. The largest absolute Gasteiger partial charge is 0.363 e. The van der Waals surface area contributed by atoms with E-state index in [4.69, 9.17) is 4.74 Å². The van der Waals surface area contributed by atoms with Gasteiger partial charge in [-0.1, -0.05) is 18.2 Å². The molecular weight excluding hydrogens is 332 g/mol. The van der Waals surface area contributed by atoms with Crippen LogP contribution < -0.4 is 4.90 Å². The average Bonchev–Trinajstić information content (AvgIpc) is 2.69. The lowest BCUT2D eigenvalue weighted by Crippen LogP contribution is -2.68. The van der Waals surface area contributed by atoms with Gasteiger partial charge in [0, 0.05) is 31.2 Å². The van der Waals surface area contributed by atoms with Crippen LogP contribution in [0.3, 0.4) is 0 Å². The van der Waals surface area contributed by atoms with Crippen LogP contribution in [-0.4, -0.2) is 58.0 Å². The number of hydrogen-bond acceptors (Lipinski definition) is 5. The molecule has 4 rings (SSSR count). The van der Waals surface area contributed by atoms with Gasteiger partial charge in [-0.15, -0.1) is 0 Å². The second kappa shape index (κ2) is 6.49. The molecule has 1 aromatic carbocycles. The Morgan fingerprint density at radius 3 is 2.81 bits per heavy atom. The Balaban J connectivity index is 1.64. The van der Waals surface area contributed by atoms with E-state index >= 15 is 0 Å². The van der Waals surface area contributed by atoms with Gasteiger partial charge in [0.15, 0.2) is 0 Å². The first-order valence-corrected chi connectivity index (χ1v) is 8.65. The van der Waals surface area contributed by atoms with Crippen molar-refractivity contribution in [1.82, 2.24) is 14.9 Å². The number of benzene rings is 1. The molecule has 2 amide bonds. The Morgan fingerprint density at radius 1 is 1.27 bits per heavy atom. The van der Waals surface area contributed by atoms with E-state index in [-0.39, 0.29) is 24.5 Å². The van der Waals surface area contributed by atoms with Crippen LogP contribution in [0.4, 0.5) is 5.69 Å². The predicted octanol–water partition coefficient (Wildman–Crippen LogP) is 1.51. The number of rotatable bonds is 2. The fraction of sp³-hybridized carbons (Fsp3) is 0.368. The van der Waals surface area contributed by atoms with E-state index in [1.54, 1.807) is 9.80 Å². The lowest BCUT2D eigenvalue weighted by molar-refractivity contribution is -0.149. The Bertz CT molecular complexity index is 814. The van der Waals surface area contributed by atoms with E-state index < -0.39 is 5.60 Å². The lowest BCUT2D eigenvalue weighted by atomic mass is 9.85. The van der Waals surface area contributed by atoms with E-state index in [1.165, 1.54) is 18.6 Å². The van der Waals surface area contributed by atoms with Crippen LogP contribution in [0.1, 0.15) is 23.8 Å². The molecule has 2 aliphatic heterocycles. The molecule has 2 atom stereocenters. The van der Waals surface area contributed by atoms with Gasteiger partial charge >= 0.3 is 0 Å². The summed E-state index contributed by atoms with van der Waals surface area (Å²) in [6.07, 6.45) is 5.16. The highest BCUT2D eigenvalue weighted by atomic mass is 16.5. The van der Waals surface area contributed by atoms with Crippen molar-refractivity contribution < 1.29 is 14.3 Å². The quantitative estimate of drug-likeness (QED) is 0.819. The zero-order valence-corrected chi connectivity index (χ0v) is 14.5. The molecule has 0 aliphatic carbocycles. The van der Waals surface area contributed by atoms with E-state index in [2.05, 4.69) is 9.97 Å². The summed E-state index contributed by atoms with van der Waals surface area (Å²) in [6.45, 7) is 3.02. The molecule has 134 valence electrons. The van der Waals surface area contributed by atoms with Gasteiger partial charge in [-0.25, -0.2) is 4.98 Å². The summed E-state index contributed by atoms with van der Waals surface area (Å²) >= 11 is 0. The summed E-state index contributed by atoms with van der Waals surface area (Å²) in [5.41, 5.74) is 0.652. The van der Waals surface area contributed by atoms with Crippen molar-refractivity contribution >= 4 is 17.5 Å². The van der Waals surface area contributed by atoms with Crippen molar-refractivity contribution in [2.45, 2.75) is 25.0 Å². The summed E-state index contributed by atoms with van der Waals surface area (Å²) in [7, 11) is 0. The number of carbonyl (C=O) groups is 2. The van der Waals surface area contributed by atoms with Crippen LogP contribution in [0, 0.1) is 0 Å². The number of carbonyl (C=O) groups excluding carboxylic acids is 2. The van der Waals surface area contributed by atoms with E-state index in [0.717, 1.165) is 5.69 Å². The number of fused-ring (bicyclic) bond motifs is 1. The Kier molecular flexibility index (Phi) is 4.16. The lowest BCUT2D eigenvalue weighted by Gasteiger charge is -2.52. The van der Waals surface area contributed by atoms with Crippen molar-refractivity contribution in [3.05, 3.63) is 54.6 Å². The van der Waals surface area contributed by atoms with Gasteiger partial charge in [-0.2, -0.15) is 0 Å². The average molecular weight is 352 g/mol. The van der Waals surface area contributed by atoms with Crippen LogP contribution in [0.25, 0.3) is 0 Å². The maximum atomic E-state index is 12.8. The minimum Gasteiger partial charge on any atom is -0.363 e. The highest BCUT2D eigenvalue weighted by Crippen LogP contribution is 2.36. The molecule has 2 fully saturated rings. The summed E-state index contributed by atoms with van der Waals surface area (Å²) < 4.78 is 5.91. The number of hydrogen-bond donors (Lipinski definition) is 0. The first-order chi connectivity index (χ1) is 12.6. The van der Waals surface area contributed by atoms with Crippen molar-refractivity contribution in [1.29, 1.82) is 0 Å². The molecular formula is C19H20N4O3. The van der Waals surface area contributed by atoms with Gasteiger partial charge in [0.25, 0.3) is 11.8 Å². The minimum absolute atomic E-state index is 0.0556. The third-order valence-electron chi connectivity index (χ3n) is 5.19. The molecule has 2 aromatic rings. The molecule has 0 unspecified atom stereocenters. The fourth-order valence-electron chi connectivity index (χ4n) is 3.68. The van der Waals surface area contributed by atoms with Crippen molar-refractivity contribution in [2.24, 2.45) is 0 Å². The Labute approximate surface area is 151 Å². The highest BCUT2D eigenvalue weighted by Gasteiger charge is 2.50. The molecule has 0 radical (unpaired) electrons. The van der Waals surface area contributed by atoms with E-state index in [1.807, 2.05) is 37.3 Å². The maximum Gasteiger partial charge on any atom is 0.274 e. The van der Waals surface area contributed by atoms with Crippen molar-refractivity contribution in [3.8, 4) is 0 Å². The number of para-hydroxylation sites is 1. The molecule has 1 aromatic heterocycles. The number of morpholine rings is 1. The number of ether oxygens (including phenoxy) is 1. The van der Waals surface area contributed by atoms with Gasteiger partial charge in [-0.05, 0) is 25.5 Å². The SMILES string of the molecule is C[C@@]12CCN(C(=O)c3cnccn3)C[C@H]1N(c1ccccc1)C(=O)CO2. The molecule has 0 saturated carbocycles.